The highest BCUT2D eigenvalue weighted by atomic mass is 16.5. The Balaban J connectivity index is 2.24. The van der Waals surface area contributed by atoms with Gasteiger partial charge < -0.3 is 24.8 Å². The van der Waals surface area contributed by atoms with Crippen LogP contribution in [0.4, 0.5) is 5.69 Å². The predicted octanol–water partition coefficient (Wildman–Crippen LogP) is 1.58. The van der Waals surface area contributed by atoms with Crippen LogP contribution in [0.1, 0.15) is 12.0 Å². The second-order valence-electron chi connectivity index (χ2n) is 5.62. The zero-order chi connectivity index (χ0) is 16.2. The average Bonchev–Trinajstić information content (AvgIpc) is 2.99. The van der Waals surface area contributed by atoms with Crippen molar-refractivity contribution in [2.24, 2.45) is 5.41 Å². The highest BCUT2D eigenvalue weighted by molar-refractivity contribution is 5.96. The summed E-state index contributed by atoms with van der Waals surface area (Å²) in [6.45, 7) is 3.77. The standard InChI is InChI=1S/C16H24N2O4/c1-11-7-13(21-3)14(22-4)8-12(11)18-15(19)16(10-20-2)5-6-17-9-16/h7-8,17H,5-6,9-10H2,1-4H3,(H,18,19). The molecule has 1 aliphatic rings. The third-order valence-corrected chi connectivity index (χ3v) is 4.12. The lowest BCUT2D eigenvalue weighted by molar-refractivity contribution is -0.127. The molecule has 6 heteroatoms. The summed E-state index contributed by atoms with van der Waals surface area (Å²) >= 11 is 0. The van der Waals surface area contributed by atoms with Crippen molar-refractivity contribution in [2.75, 3.05) is 46.3 Å². The monoisotopic (exact) mass is 308 g/mol. The molecule has 1 aliphatic heterocycles. The van der Waals surface area contributed by atoms with Crippen molar-refractivity contribution >= 4 is 11.6 Å². The molecule has 1 amide bonds. The van der Waals surface area contributed by atoms with Gasteiger partial charge in [-0.05, 0) is 31.5 Å². The van der Waals surface area contributed by atoms with Crippen molar-refractivity contribution in [3.63, 3.8) is 0 Å². The van der Waals surface area contributed by atoms with Crippen LogP contribution in [0.25, 0.3) is 0 Å². The fourth-order valence-electron chi connectivity index (χ4n) is 2.77. The van der Waals surface area contributed by atoms with Gasteiger partial charge in [0.2, 0.25) is 5.91 Å². The van der Waals surface area contributed by atoms with Gasteiger partial charge in [0.25, 0.3) is 0 Å². The minimum absolute atomic E-state index is 0.0327. The number of anilines is 1. The van der Waals surface area contributed by atoms with Crippen LogP contribution in [0.5, 0.6) is 11.5 Å². The largest absolute Gasteiger partial charge is 0.493 e. The quantitative estimate of drug-likeness (QED) is 0.835. The summed E-state index contributed by atoms with van der Waals surface area (Å²) in [4.78, 5) is 12.7. The van der Waals surface area contributed by atoms with Crippen LogP contribution < -0.4 is 20.1 Å². The van der Waals surface area contributed by atoms with E-state index in [2.05, 4.69) is 10.6 Å². The maximum Gasteiger partial charge on any atom is 0.234 e. The number of hydrogen-bond donors (Lipinski definition) is 2. The predicted molar refractivity (Wildman–Crippen MR) is 84.7 cm³/mol. The first kappa shape index (κ1) is 16.6. The number of carbonyl (C=O) groups excluding carboxylic acids is 1. The Morgan fingerprint density at radius 3 is 2.50 bits per heavy atom. The third kappa shape index (κ3) is 3.18. The zero-order valence-corrected chi connectivity index (χ0v) is 13.6. The van der Waals surface area contributed by atoms with Crippen molar-refractivity contribution in [3.05, 3.63) is 17.7 Å². The van der Waals surface area contributed by atoms with E-state index in [0.29, 0.717) is 24.7 Å². The van der Waals surface area contributed by atoms with E-state index in [1.165, 1.54) is 0 Å². The molecule has 1 unspecified atom stereocenters. The molecule has 1 aromatic rings. The zero-order valence-electron chi connectivity index (χ0n) is 13.6. The van der Waals surface area contributed by atoms with Gasteiger partial charge >= 0.3 is 0 Å². The molecule has 0 aliphatic carbocycles. The molecule has 1 aromatic carbocycles. The van der Waals surface area contributed by atoms with E-state index in [1.807, 2.05) is 13.0 Å². The van der Waals surface area contributed by atoms with Gasteiger partial charge in [-0.1, -0.05) is 0 Å². The maximum absolute atomic E-state index is 12.7. The van der Waals surface area contributed by atoms with Crippen molar-refractivity contribution in [1.82, 2.24) is 5.32 Å². The minimum Gasteiger partial charge on any atom is -0.493 e. The summed E-state index contributed by atoms with van der Waals surface area (Å²) in [6, 6.07) is 3.64. The molecule has 122 valence electrons. The van der Waals surface area contributed by atoms with Crippen LogP contribution >= 0.6 is 0 Å². The minimum atomic E-state index is -0.519. The number of nitrogens with one attached hydrogen (secondary N) is 2. The Bertz CT molecular complexity index is 539. The lowest BCUT2D eigenvalue weighted by Crippen LogP contribution is -2.41. The molecule has 2 rings (SSSR count). The van der Waals surface area contributed by atoms with Crippen molar-refractivity contribution in [2.45, 2.75) is 13.3 Å². The first-order valence-corrected chi connectivity index (χ1v) is 7.30. The number of carbonyl (C=O) groups is 1. The first-order valence-electron chi connectivity index (χ1n) is 7.30. The number of benzene rings is 1. The van der Waals surface area contributed by atoms with Crippen molar-refractivity contribution in [3.8, 4) is 11.5 Å². The van der Waals surface area contributed by atoms with E-state index < -0.39 is 5.41 Å². The topological polar surface area (TPSA) is 68.8 Å². The van der Waals surface area contributed by atoms with E-state index in [9.17, 15) is 4.79 Å². The lowest BCUT2D eigenvalue weighted by atomic mass is 9.87. The molecule has 0 spiro atoms. The van der Waals surface area contributed by atoms with Crippen LogP contribution in [-0.2, 0) is 9.53 Å². The Morgan fingerprint density at radius 1 is 1.27 bits per heavy atom. The van der Waals surface area contributed by atoms with Crippen LogP contribution in [0.2, 0.25) is 0 Å². The highest BCUT2D eigenvalue weighted by Crippen LogP contribution is 2.34. The van der Waals surface area contributed by atoms with Gasteiger partial charge in [0.15, 0.2) is 11.5 Å². The molecule has 0 aromatic heterocycles. The molecule has 1 heterocycles. The van der Waals surface area contributed by atoms with E-state index >= 15 is 0 Å². The second-order valence-corrected chi connectivity index (χ2v) is 5.62. The molecule has 1 saturated heterocycles. The molecule has 2 N–H and O–H groups in total. The van der Waals surface area contributed by atoms with Crippen molar-refractivity contribution < 1.29 is 19.0 Å². The second kappa shape index (κ2) is 6.98. The molecular weight excluding hydrogens is 284 g/mol. The number of aryl methyl sites for hydroxylation is 1. The smallest absolute Gasteiger partial charge is 0.234 e. The fraction of sp³-hybridized carbons (Fsp3) is 0.562. The number of hydrogen-bond acceptors (Lipinski definition) is 5. The Kier molecular flexibility index (Phi) is 5.26. The number of amides is 1. The van der Waals surface area contributed by atoms with Gasteiger partial charge in [0.1, 0.15) is 0 Å². The fourth-order valence-corrected chi connectivity index (χ4v) is 2.77. The molecule has 1 atom stereocenters. The van der Waals surface area contributed by atoms with Gasteiger partial charge in [-0.15, -0.1) is 0 Å². The van der Waals surface area contributed by atoms with Crippen LogP contribution in [-0.4, -0.2) is 46.9 Å². The normalized spacial score (nSPS) is 20.7. The lowest BCUT2D eigenvalue weighted by Gasteiger charge is -2.26. The maximum atomic E-state index is 12.7. The SMILES string of the molecule is COCC1(C(=O)Nc2cc(OC)c(OC)cc2C)CCNC1. The van der Waals surface area contributed by atoms with Gasteiger partial charge in [0, 0.05) is 25.4 Å². The number of methoxy groups -OCH3 is 3. The Labute approximate surface area is 131 Å². The van der Waals surface area contributed by atoms with E-state index in [-0.39, 0.29) is 5.91 Å². The summed E-state index contributed by atoms with van der Waals surface area (Å²) < 4.78 is 15.8. The molecule has 1 fully saturated rings. The van der Waals surface area contributed by atoms with Gasteiger partial charge in [0.05, 0.1) is 26.2 Å². The van der Waals surface area contributed by atoms with Gasteiger partial charge in [-0.2, -0.15) is 0 Å². The molecular formula is C16H24N2O4. The highest BCUT2D eigenvalue weighted by Gasteiger charge is 2.41. The third-order valence-electron chi connectivity index (χ3n) is 4.12. The first-order chi connectivity index (χ1) is 10.6. The molecule has 0 bridgehead atoms. The summed E-state index contributed by atoms with van der Waals surface area (Å²) in [5.41, 5.74) is 1.13. The van der Waals surface area contributed by atoms with Crippen molar-refractivity contribution in [1.29, 1.82) is 0 Å². The van der Waals surface area contributed by atoms with E-state index in [1.54, 1.807) is 27.4 Å². The van der Waals surface area contributed by atoms with Crippen LogP contribution in [0.15, 0.2) is 12.1 Å². The number of ether oxygens (including phenoxy) is 3. The van der Waals surface area contributed by atoms with Gasteiger partial charge in [-0.25, -0.2) is 0 Å². The molecule has 0 radical (unpaired) electrons. The van der Waals surface area contributed by atoms with Crippen LogP contribution in [0.3, 0.4) is 0 Å². The molecule has 6 nitrogen and oxygen atoms in total. The average molecular weight is 308 g/mol. The Hall–Kier alpha value is -1.79. The summed E-state index contributed by atoms with van der Waals surface area (Å²) in [5, 5.41) is 6.24. The molecule has 22 heavy (non-hydrogen) atoms. The van der Waals surface area contributed by atoms with Crippen LogP contribution in [0, 0.1) is 12.3 Å². The van der Waals surface area contributed by atoms with E-state index in [0.717, 1.165) is 24.2 Å². The molecule has 0 saturated carbocycles. The Morgan fingerprint density at radius 2 is 1.95 bits per heavy atom. The summed E-state index contributed by atoms with van der Waals surface area (Å²) in [7, 11) is 4.79. The number of rotatable bonds is 6. The van der Waals surface area contributed by atoms with Gasteiger partial charge in [-0.3, -0.25) is 4.79 Å². The summed E-state index contributed by atoms with van der Waals surface area (Å²) in [5.74, 6) is 1.20. The summed E-state index contributed by atoms with van der Waals surface area (Å²) in [6.07, 6.45) is 0.763. The van der Waals surface area contributed by atoms with E-state index in [4.69, 9.17) is 14.2 Å².